The Morgan fingerprint density at radius 3 is 2.63 bits per heavy atom. The molecule has 0 bridgehead atoms. The number of esters is 1. The van der Waals surface area contributed by atoms with Crippen molar-refractivity contribution in [2.24, 2.45) is 0 Å². The normalized spacial score (nSPS) is 10.3. The van der Waals surface area contributed by atoms with Crippen molar-refractivity contribution in [3.8, 4) is 0 Å². The second kappa shape index (κ2) is 11.1. The largest absolute Gasteiger partial charge is 0.456 e. The molecule has 0 radical (unpaired) electrons. The Morgan fingerprint density at radius 2 is 1.89 bits per heavy atom. The first-order valence-corrected chi connectivity index (χ1v) is 9.79. The minimum atomic E-state index is -0.500. The summed E-state index contributed by atoms with van der Waals surface area (Å²) in [7, 11) is 0. The highest BCUT2D eigenvalue weighted by atomic mass is 32.1. The van der Waals surface area contributed by atoms with Crippen molar-refractivity contribution in [1.29, 1.82) is 0 Å². The van der Waals surface area contributed by atoms with Crippen molar-refractivity contribution in [3.05, 3.63) is 52.2 Å². The molecule has 2 aromatic rings. The summed E-state index contributed by atoms with van der Waals surface area (Å²) in [5.74, 6) is -1.24. The molecule has 0 aliphatic carbocycles. The predicted octanol–water partition coefficient (Wildman–Crippen LogP) is 2.93. The minimum absolute atomic E-state index is 0.174. The van der Waals surface area contributed by atoms with Gasteiger partial charge < -0.3 is 15.4 Å². The fourth-order valence-electron chi connectivity index (χ4n) is 2.45. The first kappa shape index (κ1) is 20.6. The number of nitrogens with one attached hydrogen (secondary N) is 2. The molecule has 0 atom stereocenters. The zero-order valence-corrected chi connectivity index (χ0v) is 16.1. The molecule has 2 rings (SSSR count). The molecule has 0 spiro atoms. The Balaban J connectivity index is 1.61. The van der Waals surface area contributed by atoms with Crippen LogP contribution in [0.4, 0.5) is 5.69 Å². The quantitative estimate of drug-likeness (QED) is 0.613. The van der Waals surface area contributed by atoms with Crippen LogP contribution in [0.5, 0.6) is 0 Å². The van der Waals surface area contributed by atoms with Crippen molar-refractivity contribution in [2.45, 2.75) is 32.6 Å². The highest BCUT2D eigenvalue weighted by molar-refractivity contribution is 7.09. The van der Waals surface area contributed by atoms with Crippen molar-refractivity contribution < 1.29 is 19.1 Å². The van der Waals surface area contributed by atoms with Gasteiger partial charge in [0.2, 0.25) is 5.91 Å². The molecule has 144 valence electrons. The van der Waals surface area contributed by atoms with E-state index in [0.29, 0.717) is 6.42 Å². The lowest BCUT2D eigenvalue weighted by Gasteiger charge is -2.10. The molecule has 0 saturated heterocycles. The van der Waals surface area contributed by atoms with Gasteiger partial charge in [0.25, 0.3) is 5.91 Å². The number of amides is 2. The number of ether oxygens (including phenoxy) is 1. The van der Waals surface area contributed by atoms with Crippen LogP contribution in [-0.4, -0.2) is 30.9 Å². The maximum atomic E-state index is 11.9. The SMILES string of the molecule is CCc1ccccc1NC(=O)CNC(=O)COC(=O)CCCc1cccs1. The van der Waals surface area contributed by atoms with E-state index in [1.54, 1.807) is 11.3 Å². The smallest absolute Gasteiger partial charge is 0.306 e. The van der Waals surface area contributed by atoms with Gasteiger partial charge in [-0.3, -0.25) is 14.4 Å². The lowest BCUT2D eigenvalue weighted by molar-refractivity contribution is -0.148. The van der Waals surface area contributed by atoms with Crippen LogP contribution in [0.1, 0.15) is 30.2 Å². The number of hydrogen-bond donors (Lipinski definition) is 2. The van der Waals surface area contributed by atoms with Gasteiger partial charge in [-0.2, -0.15) is 0 Å². The molecule has 0 fully saturated rings. The predicted molar refractivity (Wildman–Crippen MR) is 106 cm³/mol. The van der Waals surface area contributed by atoms with E-state index in [9.17, 15) is 14.4 Å². The summed E-state index contributed by atoms with van der Waals surface area (Å²) in [6, 6.07) is 11.5. The van der Waals surface area contributed by atoms with Crippen LogP contribution < -0.4 is 10.6 Å². The second-order valence-electron chi connectivity index (χ2n) is 5.93. The van der Waals surface area contributed by atoms with Crippen molar-refractivity contribution in [3.63, 3.8) is 0 Å². The Morgan fingerprint density at radius 1 is 1.07 bits per heavy atom. The molecule has 0 aliphatic rings. The summed E-state index contributed by atoms with van der Waals surface area (Å²) in [6.45, 7) is 1.45. The molecule has 0 saturated carbocycles. The summed E-state index contributed by atoms with van der Waals surface area (Å²) in [5, 5.41) is 7.20. The van der Waals surface area contributed by atoms with Crippen LogP contribution in [0, 0.1) is 0 Å². The molecule has 1 heterocycles. The van der Waals surface area contributed by atoms with E-state index in [1.807, 2.05) is 48.7 Å². The number of carbonyl (C=O) groups is 3. The molecule has 6 nitrogen and oxygen atoms in total. The first-order chi connectivity index (χ1) is 13.1. The summed E-state index contributed by atoms with van der Waals surface area (Å²) in [5.41, 5.74) is 1.75. The van der Waals surface area contributed by atoms with Gasteiger partial charge in [-0.1, -0.05) is 31.2 Å². The van der Waals surface area contributed by atoms with E-state index in [1.165, 1.54) is 4.88 Å². The van der Waals surface area contributed by atoms with E-state index >= 15 is 0 Å². The maximum Gasteiger partial charge on any atom is 0.306 e. The van der Waals surface area contributed by atoms with E-state index in [0.717, 1.165) is 24.1 Å². The van der Waals surface area contributed by atoms with Crippen LogP contribution in [0.3, 0.4) is 0 Å². The lowest BCUT2D eigenvalue weighted by atomic mass is 10.1. The van der Waals surface area contributed by atoms with Crippen LogP contribution in [0.15, 0.2) is 41.8 Å². The number of para-hydroxylation sites is 1. The molecular formula is C20H24N2O4S. The third-order valence-corrected chi connectivity index (χ3v) is 4.80. The van der Waals surface area contributed by atoms with Crippen LogP contribution in [0.2, 0.25) is 0 Å². The Bertz CT molecular complexity index is 759. The molecule has 1 aromatic carbocycles. The maximum absolute atomic E-state index is 11.9. The molecule has 1 aromatic heterocycles. The minimum Gasteiger partial charge on any atom is -0.456 e. The Labute approximate surface area is 162 Å². The number of aryl methyl sites for hydroxylation is 2. The average Bonchev–Trinajstić information content (AvgIpc) is 3.18. The number of benzene rings is 1. The number of thiophene rings is 1. The molecule has 0 unspecified atom stereocenters. The van der Waals surface area contributed by atoms with Gasteiger partial charge >= 0.3 is 5.97 Å². The third-order valence-electron chi connectivity index (χ3n) is 3.87. The molecule has 2 amide bonds. The lowest BCUT2D eigenvalue weighted by Crippen LogP contribution is -2.35. The van der Waals surface area contributed by atoms with E-state index in [2.05, 4.69) is 10.6 Å². The summed E-state index contributed by atoms with van der Waals surface area (Å²) in [6.07, 6.45) is 2.56. The zero-order valence-electron chi connectivity index (χ0n) is 15.3. The standard InChI is InChI=1S/C20H24N2O4S/c1-2-15-7-3-4-10-17(15)22-18(23)13-21-19(24)14-26-20(25)11-5-8-16-9-6-12-27-16/h3-4,6-7,9-10,12H,2,5,8,11,13-14H2,1H3,(H,21,24)(H,22,23). The number of rotatable bonds is 10. The molecule has 0 aliphatic heterocycles. The van der Waals surface area contributed by atoms with Crippen molar-refractivity contribution in [2.75, 3.05) is 18.5 Å². The first-order valence-electron chi connectivity index (χ1n) is 8.91. The molecule has 7 heteroatoms. The fraction of sp³-hybridized carbons (Fsp3) is 0.350. The Kier molecular flexibility index (Phi) is 8.51. The van der Waals surface area contributed by atoms with Crippen molar-refractivity contribution >= 4 is 34.8 Å². The highest BCUT2D eigenvalue weighted by Gasteiger charge is 2.10. The van der Waals surface area contributed by atoms with Crippen LogP contribution in [0.25, 0.3) is 0 Å². The van der Waals surface area contributed by atoms with Gasteiger partial charge in [0.15, 0.2) is 6.61 Å². The van der Waals surface area contributed by atoms with E-state index < -0.39 is 11.9 Å². The Hall–Kier alpha value is -2.67. The van der Waals surface area contributed by atoms with E-state index in [4.69, 9.17) is 4.74 Å². The fourth-order valence-corrected chi connectivity index (χ4v) is 3.21. The van der Waals surface area contributed by atoms with Gasteiger partial charge in [-0.15, -0.1) is 11.3 Å². The second-order valence-corrected chi connectivity index (χ2v) is 6.96. The topological polar surface area (TPSA) is 84.5 Å². The van der Waals surface area contributed by atoms with Gasteiger partial charge in [-0.25, -0.2) is 0 Å². The van der Waals surface area contributed by atoms with Gasteiger partial charge in [0.1, 0.15) is 0 Å². The van der Waals surface area contributed by atoms with Crippen LogP contribution in [-0.2, 0) is 32.0 Å². The van der Waals surface area contributed by atoms with Crippen LogP contribution >= 0.6 is 11.3 Å². The van der Waals surface area contributed by atoms with Crippen molar-refractivity contribution in [1.82, 2.24) is 5.32 Å². The van der Waals surface area contributed by atoms with Gasteiger partial charge in [0.05, 0.1) is 6.54 Å². The molecule has 27 heavy (non-hydrogen) atoms. The summed E-state index contributed by atoms with van der Waals surface area (Å²) >= 11 is 1.65. The molecular weight excluding hydrogens is 364 g/mol. The van der Waals surface area contributed by atoms with E-state index in [-0.39, 0.29) is 25.5 Å². The number of hydrogen-bond acceptors (Lipinski definition) is 5. The zero-order chi connectivity index (χ0) is 19.5. The summed E-state index contributed by atoms with van der Waals surface area (Å²) in [4.78, 5) is 36.5. The monoisotopic (exact) mass is 388 g/mol. The van der Waals surface area contributed by atoms with Gasteiger partial charge in [-0.05, 0) is 42.3 Å². The number of anilines is 1. The molecule has 2 N–H and O–H groups in total. The number of carbonyl (C=O) groups excluding carboxylic acids is 3. The summed E-state index contributed by atoms with van der Waals surface area (Å²) < 4.78 is 4.93. The average molecular weight is 388 g/mol. The van der Waals surface area contributed by atoms with Gasteiger partial charge in [0, 0.05) is 17.0 Å². The highest BCUT2D eigenvalue weighted by Crippen LogP contribution is 2.15. The third kappa shape index (κ3) is 7.62.